The number of amides is 1. The SMILES string of the molecule is O=C(O)C(Cc1ccccc1)N1C(=O)/C(=C/c2ccc(-c3ccc([N+](=O)[O-])cc3)o2)SC1=S. The summed E-state index contributed by atoms with van der Waals surface area (Å²) in [6.07, 6.45) is 1.64. The van der Waals surface area contributed by atoms with E-state index in [9.17, 15) is 24.8 Å². The summed E-state index contributed by atoms with van der Waals surface area (Å²) in [6, 6.07) is 17.1. The van der Waals surface area contributed by atoms with E-state index >= 15 is 0 Å². The van der Waals surface area contributed by atoms with Gasteiger partial charge in [-0.25, -0.2) is 4.79 Å². The number of benzene rings is 2. The van der Waals surface area contributed by atoms with Gasteiger partial charge in [-0.3, -0.25) is 19.8 Å². The topological polar surface area (TPSA) is 114 Å². The number of furan rings is 1. The maximum Gasteiger partial charge on any atom is 0.327 e. The Hall–Kier alpha value is -3.76. The van der Waals surface area contributed by atoms with E-state index in [-0.39, 0.29) is 21.3 Å². The summed E-state index contributed by atoms with van der Waals surface area (Å²) in [6.45, 7) is 0. The van der Waals surface area contributed by atoms with E-state index in [0.717, 1.165) is 22.2 Å². The number of aliphatic carboxylic acids is 1. The predicted molar refractivity (Wildman–Crippen MR) is 127 cm³/mol. The van der Waals surface area contributed by atoms with E-state index in [1.54, 1.807) is 48.5 Å². The highest BCUT2D eigenvalue weighted by molar-refractivity contribution is 8.26. The summed E-state index contributed by atoms with van der Waals surface area (Å²) < 4.78 is 5.93. The van der Waals surface area contributed by atoms with Gasteiger partial charge in [-0.15, -0.1) is 0 Å². The minimum absolute atomic E-state index is 0.0299. The molecule has 1 aliphatic rings. The molecule has 1 aromatic heterocycles. The van der Waals surface area contributed by atoms with Gasteiger partial charge >= 0.3 is 5.97 Å². The second kappa shape index (κ2) is 9.39. The Morgan fingerprint density at radius 1 is 1.15 bits per heavy atom. The molecule has 1 amide bonds. The Bertz CT molecular complexity index is 1270. The molecule has 1 aliphatic heterocycles. The smallest absolute Gasteiger partial charge is 0.327 e. The molecule has 0 aliphatic carbocycles. The maximum absolute atomic E-state index is 13.0. The third-order valence-electron chi connectivity index (χ3n) is 4.95. The van der Waals surface area contributed by atoms with Gasteiger partial charge in [0.2, 0.25) is 0 Å². The molecule has 2 heterocycles. The zero-order valence-corrected chi connectivity index (χ0v) is 18.5. The van der Waals surface area contributed by atoms with Crippen molar-refractivity contribution in [2.45, 2.75) is 12.5 Å². The molecule has 33 heavy (non-hydrogen) atoms. The molecule has 0 spiro atoms. The number of hydrogen-bond acceptors (Lipinski definition) is 7. The number of carbonyl (C=O) groups is 2. The monoisotopic (exact) mass is 480 g/mol. The van der Waals surface area contributed by atoms with Crippen molar-refractivity contribution in [1.82, 2.24) is 4.90 Å². The number of non-ortho nitro benzene ring substituents is 1. The fourth-order valence-electron chi connectivity index (χ4n) is 3.34. The first-order chi connectivity index (χ1) is 15.8. The number of nitro groups is 1. The summed E-state index contributed by atoms with van der Waals surface area (Å²) in [5, 5.41) is 20.6. The highest BCUT2D eigenvalue weighted by atomic mass is 32.2. The lowest BCUT2D eigenvalue weighted by Crippen LogP contribution is -2.45. The van der Waals surface area contributed by atoms with E-state index in [2.05, 4.69) is 0 Å². The lowest BCUT2D eigenvalue weighted by molar-refractivity contribution is -0.384. The molecular formula is C23H16N2O6S2. The first-order valence-corrected chi connectivity index (χ1v) is 10.9. The quantitative estimate of drug-likeness (QED) is 0.223. The minimum atomic E-state index is -1.14. The predicted octanol–water partition coefficient (Wildman–Crippen LogP) is 4.75. The summed E-state index contributed by atoms with van der Waals surface area (Å²) in [5.74, 6) is -0.797. The van der Waals surface area contributed by atoms with Crippen LogP contribution in [0.25, 0.3) is 17.4 Å². The highest BCUT2D eigenvalue weighted by Crippen LogP contribution is 2.35. The van der Waals surface area contributed by atoms with Crippen molar-refractivity contribution in [1.29, 1.82) is 0 Å². The van der Waals surface area contributed by atoms with Crippen molar-refractivity contribution in [3.63, 3.8) is 0 Å². The molecule has 4 rings (SSSR count). The molecule has 166 valence electrons. The third kappa shape index (κ3) is 4.86. The number of nitrogens with zero attached hydrogens (tertiary/aromatic N) is 2. The van der Waals surface area contributed by atoms with Gasteiger partial charge in [0.05, 0.1) is 9.83 Å². The number of carboxylic acid groups (broad SMARTS) is 1. The zero-order valence-electron chi connectivity index (χ0n) is 16.9. The first-order valence-electron chi connectivity index (χ1n) is 9.72. The van der Waals surface area contributed by atoms with Crippen LogP contribution >= 0.6 is 24.0 Å². The van der Waals surface area contributed by atoms with Crippen molar-refractivity contribution in [3.8, 4) is 11.3 Å². The van der Waals surface area contributed by atoms with Crippen LogP contribution in [0.1, 0.15) is 11.3 Å². The lowest BCUT2D eigenvalue weighted by atomic mass is 10.0. The molecule has 1 atom stereocenters. The van der Waals surface area contributed by atoms with Crippen LogP contribution in [0.15, 0.2) is 76.1 Å². The van der Waals surface area contributed by atoms with Gasteiger partial charge < -0.3 is 9.52 Å². The normalized spacial score (nSPS) is 15.8. The number of thioether (sulfide) groups is 1. The van der Waals surface area contributed by atoms with Gasteiger partial charge in [0, 0.05) is 30.2 Å². The Morgan fingerprint density at radius 3 is 2.48 bits per heavy atom. The first kappa shape index (κ1) is 22.4. The van der Waals surface area contributed by atoms with Crippen LogP contribution in [0.4, 0.5) is 5.69 Å². The summed E-state index contributed by atoms with van der Waals surface area (Å²) >= 11 is 6.33. The number of thiocarbonyl (C=S) groups is 1. The second-order valence-corrected chi connectivity index (χ2v) is 8.78. The van der Waals surface area contributed by atoms with Crippen LogP contribution in [0.5, 0.6) is 0 Å². The number of carbonyl (C=O) groups excluding carboxylic acids is 1. The maximum atomic E-state index is 13.0. The Balaban J connectivity index is 1.55. The fraction of sp³-hybridized carbons (Fsp3) is 0.0870. The second-order valence-electron chi connectivity index (χ2n) is 7.10. The number of carboxylic acids is 1. The average Bonchev–Trinajstić information content (AvgIpc) is 3.37. The molecule has 1 fully saturated rings. The Labute approximate surface area is 197 Å². The molecule has 10 heteroatoms. The Kier molecular flexibility index (Phi) is 6.38. The van der Waals surface area contributed by atoms with Gasteiger partial charge in [0.15, 0.2) is 0 Å². The highest BCUT2D eigenvalue weighted by Gasteiger charge is 2.40. The molecule has 8 nitrogen and oxygen atoms in total. The molecular weight excluding hydrogens is 464 g/mol. The van der Waals surface area contributed by atoms with Gasteiger partial charge in [-0.05, 0) is 29.8 Å². The average molecular weight is 481 g/mol. The van der Waals surface area contributed by atoms with Gasteiger partial charge in [0.1, 0.15) is 21.9 Å². The van der Waals surface area contributed by atoms with E-state index < -0.39 is 22.8 Å². The van der Waals surface area contributed by atoms with Crippen molar-refractivity contribution in [3.05, 3.63) is 93.1 Å². The van der Waals surface area contributed by atoms with Crippen molar-refractivity contribution >= 4 is 51.9 Å². The van der Waals surface area contributed by atoms with Crippen LogP contribution in [-0.2, 0) is 16.0 Å². The van der Waals surface area contributed by atoms with Crippen molar-refractivity contribution in [2.75, 3.05) is 0 Å². The fourth-order valence-corrected chi connectivity index (χ4v) is 4.67. The van der Waals surface area contributed by atoms with Crippen LogP contribution in [0, 0.1) is 10.1 Å². The lowest BCUT2D eigenvalue weighted by Gasteiger charge is -2.23. The van der Waals surface area contributed by atoms with Crippen LogP contribution in [0.2, 0.25) is 0 Å². The number of hydrogen-bond donors (Lipinski definition) is 1. The molecule has 2 aromatic carbocycles. The standard InChI is InChI=1S/C23H16N2O6S2/c26-21-20(13-17-10-11-19(31-17)15-6-8-16(9-7-15)25(29)30)33-23(32)24(21)18(22(27)28)12-14-4-2-1-3-5-14/h1-11,13,18H,12H2,(H,27,28)/b20-13-. The molecule has 1 N–H and O–H groups in total. The largest absolute Gasteiger partial charge is 0.480 e. The molecule has 1 saturated heterocycles. The molecule has 1 unspecified atom stereocenters. The zero-order chi connectivity index (χ0) is 23.5. The van der Waals surface area contributed by atoms with E-state index in [4.69, 9.17) is 16.6 Å². The summed E-state index contributed by atoms with van der Waals surface area (Å²) in [4.78, 5) is 36.7. The Morgan fingerprint density at radius 2 is 1.85 bits per heavy atom. The van der Waals surface area contributed by atoms with E-state index in [0.29, 0.717) is 17.1 Å². The molecule has 0 radical (unpaired) electrons. The van der Waals surface area contributed by atoms with Crippen LogP contribution in [0.3, 0.4) is 0 Å². The molecule has 3 aromatic rings. The van der Waals surface area contributed by atoms with Crippen LogP contribution in [-0.4, -0.2) is 37.2 Å². The summed E-state index contributed by atoms with van der Waals surface area (Å²) in [7, 11) is 0. The van der Waals surface area contributed by atoms with E-state index in [1.165, 1.54) is 18.2 Å². The molecule has 0 bridgehead atoms. The number of nitro benzene ring substituents is 1. The summed E-state index contributed by atoms with van der Waals surface area (Å²) in [5.41, 5.74) is 1.39. The van der Waals surface area contributed by atoms with Crippen molar-refractivity contribution < 1.29 is 24.0 Å². The minimum Gasteiger partial charge on any atom is -0.480 e. The van der Waals surface area contributed by atoms with Crippen molar-refractivity contribution in [2.24, 2.45) is 0 Å². The van der Waals surface area contributed by atoms with Gasteiger partial charge in [-0.1, -0.05) is 54.3 Å². The van der Waals surface area contributed by atoms with E-state index in [1.807, 2.05) is 6.07 Å². The van der Waals surface area contributed by atoms with Crippen LogP contribution < -0.4 is 0 Å². The molecule has 0 saturated carbocycles. The number of rotatable bonds is 7. The van der Waals surface area contributed by atoms with Gasteiger partial charge in [0.25, 0.3) is 11.6 Å². The van der Waals surface area contributed by atoms with Gasteiger partial charge in [-0.2, -0.15) is 0 Å². The third-order valence-corrected chi connectivity index (χ3v) is 6.29.